The number of nitrogens with one attached hydrogen (secondary N) is 2. The zero-order valence-electron chi connectivity index (χ0n) is 17.8. The number of fused-ring (bicyclic) bond motifs is 1. The second kappa shape index (κ2) is 9.69. The lowest BCUT2D eigenvalue weighted by Crippen LogP contribution is -2.51. The summed E-state index contributed by atoms with van der Waals surface area (Å²) in [6, 6.07) is 5.64. The first-order chi connectivity index (χ1) is 14.6. The molecule has 1 saturated heterocycles. The van der Waals surface area contributed by atoms with E-state index in [-0.39, 0.29) is 30.1 Å². The molecule has 2 atom stereocenters. The Kier molecular flexibility index (Phi) is 6.77. The smallest absolute Gasteiger partial charge is 0.321 e. The molecule has 3 amide bonds. The average Bonchev–Trinajstić information content (AvgIpc) is 3.12. The largest absolute Gasteiger partial charge is 0.490 e. The molecular weight excluding hydrogens is 382 g/mol. The SMILES string of the molecule is C[C@H](C(=O)NC(=O)NC1CCCCC1)N1CCC[C@H]1c1ccc2c(c1)OCCCO2. The Morgan fingerprint density at radius 2 is 1.77 bits per heavy atom. The first-order valence-electron chi connectivity index (χ1n) is 11.4. The molecular formula is C23H33N3O4. The first-order valence-corrected chi connectivity index (χ1v) is 11.4. The summed E-state index contributed by atoms with van der Waals surface area (Å²) in [5, 5.41) is 5.52. The van der Waals surface area contributed by atoms with Crippen molar-refractivity contribution >= 4 is 11.9 Å². The number of hydrogen-bond donors (Lipinski definition) is 2. The second-order valence-corrected chi connectivity index (χ2v) is 8.63. The van der Waals surface area contributed by atoms with Crippen LogP contribution < -0.4 is 20.1 Å². The number of likely N-dealkylation sites (tertiary alicyclic amines) is 1. The van der Waals surface area contributed by atoms with Crippen LogP contribution in [0.2, 0.25) is 0 Å². The van der Waals surface area contributed by atoms with Crippen LogP contribution >= 0.6 is 0 Å². The number of urea groups is 1. The van der Waals surface area contributed by atoms with Crippen LogP contribution in [0.1, 0.15) is 69.9 Å². The summed E-state index contributed by atoms with van der Waals surface area (Å²) in [6.45, 7) is 4.03. The molecule has 1 aromatic carbocycles. The van der Waals surface area contributed by atoms with Gasteiger partial charge >= 0.3 is 6.03 Å². The van der Waals surface area contributed by atoms with Gasteiger partial charge in [-0.15, -0.1) is 0 Å². The molecule has 0 aromatic heterocycles. The van der Waals surface area contributed by atoms with Crippen molar-refractivity contribution in [1.82, 2.24) is 15.5 Å². The lowest BCUT2D eigenvalue weighted by Gasteiger charge is -2.30. The summed E-state index contributed by atoms with van der Waals surface area (Å²) in [5.41, 5.74) is 1.13. The molecule has 3 aliphatic rings. The van der Waals surface area contributed by atoms with Crippen molar-refractivity contribution in [2.24, 2.45) is 0 Å². The van der Waals surface area contributed by atoms with Gasteiger partial charge in [-0.05, 0) is 56.8 Å². The van der Waals surface area contributed by atoms with Crippen LogP contribution in [0.3, 0.4) is 0 Å². The van der Waals surface area contributed by atoms with E-state index in [4.69, 9.17) is 9.47 Å². The van der Waals surface area contributed by atoms with Gasteiger partial charge in [0.25, 0.3) is 0 Å². The van der Waals surface area contributed by atoms with Gasteiger partial charge in [0.05, 0.1) is 19.3 Å². The highest BCUT2D eigenvalue weighted by Crippen LogP contribution is 2.38. The van der Waals surface area contributed by atoms with Crippen LogP contribution in [0.5, 0.6) is 11.5 Å². The van der Waals surface area contributed by atoms with E-state index >= 15 is 0 Å². The third-order valence-electron chi connectivity index (χ3n) is 6.50. The predicted octanol–water partition coefficient (Wildman–Crippen LogP) is 3.53. The normalized spacial score (nSPS) is 23.4. The monoisotopic (exact) mass is 415 g/mol. The molecule has 7 heteroatoms. The lowest BCUT2D eigenvalue weighted by atomic mass is 9.96. The third-order valence-corrected chi connectivity index (χ3v) is 6.50. The van der Waals surface area contributed by atoms with Crippen LogP contribution in [0.25, 0.3) is 0 Å². The van der Waals surface area contributed by atoms with Gasteiger partial charge in [0.2, 0.25) is 5.91 Å². The van der Waals surface area contributed by atoms with Crippen LogP contribution in [0.15, 0.2) is 18.2 Å². The fraction of sp³-hybridized carbons (Fsp3) is 0.652. The molecule has 7 nitrogen and oxygen atoms in total. The molecule has 1 aliphatic carbocycles. The average molecular weight is 416 g/mol. The predicted molar refractivity (Wildman–Crippen MR) is 114 cm³/mol. The molecule has 2 heterocycles. The van der Waals surface area contributed by atoms with E-state index in [2.05, 4.69) is 21.6 Å². The molecule has 0 radical (unpaired) electrons. The van der Waals surface area contributed by atoms with Gasteiger partial charge in [0, 0.05) is 18.5 Å². The Bertz CT molecular complexity index is 763. The summed E-state index contributed by atoms with van der Waals surface area (Å²) >= 11 is 0. The number of benzene rings is 1. The number of hydrogen-bond acceptors (Lipinski definition) is 5. The molecule has 0 bridgehead atoms. The Morgan fingerprint density at radius 1 is 1.00 bits per heavy atom. The first kappa shape index (κ1) is 21.0. The number of nitrogens with zero attached hydrogens (tertiary/aromatic N) is 1. The summed E-state index contributed by atoms with van der Waals surface area (Å²) in [5.74, 6) is 1.32. The Labute approximate surface area is 178 Å². The summed E-state index contributed by atoms with van der Waals surface area (Å²) in [4.78, 5) is 27.3. The van der Waals surface area contributed by atoms with Crippen molar-refractivity contribution in [3.8, 4) is 11.5 Å². The molecule has 30 heavy (non-hydrogen) atoms. The Hall–Kier alpha value is -2.28. The number of rotatable bonds is 4. The standard InChI is InChI=1S/C23H33N3O4/c1-16(22(27)25-23(28)24-18-7-3-2-4-8-18)26-12-5-9-19(26)17-10-11-20-21(15-17)30-14-6-13-29-20/h10-11,15-16,18-19H,2-9,12-14H2,1H3,(H2,24,25,27,28)/t16-,19+/m1/s1. The van der Waals surface area contributed by atoms with Crippen LogP contribution in [-0.2, 0) is 4.79 Å². The van der Waals surface area contributed by atoms with E-state index in [0.717, 1.165) is 68.6 Å². The minimum Gasteiger partial charge on any atom is -0.490 e. The van der Waals surface area contributed by atoms with Gasteiger partial charge in [-0.2, -0.15) is 0 Å². The van der Waals surface area contributed by atoms with Crippen molar-refractivity contribution < 1.29 is 19.1 Å². The molecule has 1 saturated carbocycles. The van der Waals surface area contributed by atoms with Gasteiger partial charge in [0.1, 0.15) is 0 Å². The lowest BCUT2D eigenvalue weighted by molar-refractivity contribution is -0.125. The van der Waals surface area contributed by atoms with Crippen molar-refractivity contribution in [3.05, 3.63) is 23.8 Å². The quantitative estimate of drug-likeness (QED) is 0.786. The molecule has 1 aromatic rings. The summed E-state index contributed by atoms with van der Waals surface area (Å²) in [7, 11) is 0. The Morgan fingerprint density at radius 3 is 2.57 bits per heavy atom. The highest BCUT2D eigenvalue weighted by molar-refractivity contribution is 5.96. The maximum Gasteiger partial charge on any atom is 0.321 e. The molecule has 2 N–H and O–H groups in total. The molecule has 4 rings (SSSR count). The van der Waals surface area contributed by atoms with Crippen molar-refractivity contribution in [2.75, 3.05) is 19.8 Å². The van der Waals surface area contributed by atoms with Crippen LogP contribution in [-0.4, -0.2) is 48.7 Å². The summed E-state index contributed by atoms with van der Waals surface area (Å²) in [6.07, 6.45) is 8.37. The van der Waals surface area contributed by atoms with Gasteiger partial charge < -0.3 is 14.8 Å². The van der Waals surface area contributed by atoms with Crippen molar-refractivity contribution in [2.45, 2.75) is 76.4 Å². The fourth-order valence-electron chi connectivity index (χ4n) is 4.83. The van der Waals surface area contributed by atoms with E-state index in [1.165, 1.54) is 6.42 Å². The Balaban J connectivity index is 1.38. The summed E-state index contributed by atoms with van der Waals surface area (Å²) < 4.78 is 11.6. The van der Waals surface area contributed by atoms with E-state index < -0.39 is 0 Å². The van der Waals surface area contributed by atoms with Gasteiger partial charge in [-0.3, -0.25) is 15.0 Å². The maximum absolute atomic E-state index is 12.8. The molecule has 2 aliphatic heterocycles. The van der Waals surface area contributed by atoms with E-state index in [9.17, 15) is 9.59 Å². The third kappa shape index (κ3) is 4.89. The zero-order chi connectivity index (χ0) is 20.9. The minimum atomic E-state index is -0.384. The van der Waals surface area contributed by atoms with Gasteiger partial charge in [-0.1, -0.05) is 25.3 Å². The maximum atomic E-state index is 12.8. The molecule has 0 spiro atoms. The minimum absolute atomic E-state index is 0.129. The highest BCUT2D eigenvalue weighted by Gasteiger charge is 2.34. The highest BCUT2D eigenvalue weighted by atomic mass is 16.5. The zero-order valence-corrected chi connectivity index (χ0v) is 17.8. The van der Waals surface area contributed by atoms with Gasteiger partial charge in [-0.25, -0.2) is 4.79 Å². The number of amides is 3. The van der Waals surface area contributed by atoms with E-state index in [0.29, 0.717) is 13.2 Å². The van der Waals surface area contributed by atoms with Crippen LogP contribution in [0.4, 0.5) is 4.79 Å². The second-order valence-electron chi connectivity index (χ2n) is 8.63. The number of carbonyl (C=O) groups excluding carboxylic acids is 2. The molecule has 164 valence electrons. The van der Waals surface area contributed by atoms with Gasteiger partial charge in [0.15, 0.2) is 11.5 Å². The number of imide groups is 1. The van der Waals surface area contributed by atoms with E-state index in [1.807, 2.05) is 19.1 Å². The number of ether oxygens (including phenoxy) is 2. The topological polar surface area (TPSA) is 79.9 Å². The van der Waals surface area contributed by atoms with E-state index in [1.54, 1.807) is 0 Å². The number of carbonyl (C=O) groups is 2. The molecule has 0 unspecified atom stereocenters. The fourth-order valence-corrected chi connectivity index (χ4v) is 4.83. The molecule has 2 fully saturated rings. The van der Waals surface area contributed by atoms with Crippen LogP contribution in [0, 0.1) is 0 Å². The van der Waals surface area contributed by atoms with Crippen molar-refractivity contribution in [1.29, 1.82) is 0 Å². The van der Waals surface area contributed by atoms with Crippen molar-refractivity contribution in [3.63, 3.8) is 0 Å².